The van der Waals surface area contributed by atoms with Crippen LogP contribution < -0.4 is 10.2 Å². The van der Waals surface area contributed by atoms with Crippen molar-refractivity contribution in [2.24, 2.45) is 17.8 Å². The van der Waals surface area contributed by atoms with Gasteiger partial charge in [-0.3, -0.25) is 9.59 Å². The molecule has 2 atom stereocenters. The van der Waals surface area contributed by atoms with Gasteiger partial charge in [0.05, 0.1) is 6.54 Å². The Bertz CT molecular complexity index is 768. The van der Waals surface area contributed by atoms with Crippen LogP contribution in [0.1, 0.15) is 77.2 Å². The molecular weight excluding hydrogens is 372 g/mol. The fourth-order valence-corrected chi connectivity index (χ4v) is 5.82. The second-order valence-corrected chi connectivity index (χ2v) is 10.2. The van der Waals surface area contributed by atoms with Crippen LogP contribution in [-0.4, -0.2) is 30.3 Å². The fraction of sp³-hybridized carbons (Fsp3) is 0.692. The highest BCUT2D eigenvalue weighted by Gasteiger charge is 2.61. The fourth-order valence-electron chi connectivity index (χ4n) is 5.82. The van der Waals surface area contributed by atoms with Gasteiger partial charge in [-0.25, -0.2) is 0 Å². The zero-order valence-corrected chi connectivity index (χ0v) is 18.8. The Morgan fingerprint density at radius 2 is 1.90 bits per heavy atom. The molecular formula is C26H38N2O2. The van der Waals surface area contributed by atoms with E-state index in [9.17, 15) is 9.59 Å². The summed E-state index contributed by atoms with van der Waals surface area (Å²) in [5.41, 5.74) is 1.91. The molecule has 0 saturated heterocycles. The molecule has 2 fully saturated rings. The minimum absolute atomic E-state index is 0.0784. The van der Waals surface area contributed by atoms with Crippen molar-refractivity contribution in [3.63, 3.8) is 0 Å². The number of nitrogens with one attached hydrogen (secondary N) is 1. The van der Waals surface area contributed by atoms with Gasteiger partial charge in [0.2, 0.25) is 5.91 Å². The molecule has 0 spiro atoms. The second-order valence-electron chi connectivity index (χ2n) is 10.2. The number of ketones is 1. The Morgan fingerprint density at radius 3 is 2.63 bits per heavy atom. The van der Waals surface area contributed by atoms with Gasteiger partial charge in [-0.15, -0.1) is 0 Å². The predicted octanol–water partition coefficient (Wildman–Crippen LogP) is 4.90. The van der Waals surface area contributed by atoms with Gasteiger partial charge in [-0.2, -0.15) is 0 Å². The number of hydrogen-bond donors (Lipinski definition) is 1. The third-order valence-corrected chi connectivity index (χ3v) is 7.72. The van der Waals surface area contributed by atoms with E-state index in [0.717, 1.165) is 32.2 Å². The molecule has 164 valence electrons. The lowest BCUT2D eigenvalue weighted by Crippen LogP contribution is -2.50. The molecule has 4 heteroatoms. The zero-order chi connectivity index (χ0) is 21.1. The Morgan fingerprint density at radius 1 is 1.13 bits per heavy atom. The largest absolute Gasteiger partial charge is 0.364 e. The SMILES string of the molecule is CC(C)[C@@H]1CC1(NC(=O)CCC1CCCC1)C(=O)CN1CCCCc2ccccc21. The number of carbonyl (C=O) groups excluding carboxylic acids is 2. The van der Waals surface area contributed by atoms with Crippen molar-refractivity contribution in [2.75, 3.05) is 18.0 Å². The van der Waals surface area contributed by atoms with Gasteiger partial charge in [0.15, 0.2) is 5.78 Å². The van der Waals surface area contributed by atoms with Gasteiger partial charge in [0, 0.05) is 18.7 Å². The number of Topliss-reactive ketones (excluding diaryl/α,β-unsaturated/α-hetero) is 1. The summed E-state index contributed by atoms with van der Waals surface area (Å²) in [6.45, 7) is 5.67. The van der Waals surface area contributed by atoms with E-state index in [-0.39, 0.29) is 17.6 Å². The third kappa shape index (κ3) is 4.58. The first-order valence-electron chi connectivity index (χ1n) is 12.2. The zero-order valence-electron chi connectivity index (χ0n) is 18.8. The summed E-state index contributed by atoms with van der Waals surface area (Å²) in [5, 5.41) is 3.24. The quantitative estimate of drug-likeness (QED) is 0.663. The molecule has 1 aromatic rings. The molecule has 4 nitrogen and oxygen atoms in total. The van der Waals surface area contributed by atoms with Crippen molar-refractivity contribution < 1.29 is 9.59 Å². The maximum Gasteiger partial charge on any atom is 0.220 e. The molecule has 1 amide bonds. The van der Waals surface area contributed by atoms with Crippen LogP contribution in [0.15, 0.2) is 24.3 Å². The number of aryl methyl sites for hydroxylation is 1. The van der Waals surface area contributed by atoms with Gasteiger partial charge in [-0.05, 0) is 61.5 Å². The Balaban J connectivity index is 1.43. The summed E-state index contributed by atoms with van der Waals surface area (Å²) in [6, 6.07) is 8.49. The van der Waals surface area contributed by atoms with E-state index in [1.54, 1.807) is 0 Å². The molecule has 1 heterocycles. The molecule has 1 aliphatic heterocycles. The number of anilines is 1. The number of carbonyl (C=O) groups is 2. The first kappa shape index (κ1) is 21.4. The van der Waals surface area contributed by atoms with Gasteiger partial charge >= 0.3 is 0 Å². The van der Waals surface area contributed by atoms with Crippen molar-refractivity contribution >= 4 is 17.4 Å². The van der Waals surface area contributed by atoms with Crippen LogP contribution in [0.2, 0.25) is 0 Å². The summed E-state index contributed by atoms with van der Waals surface area (Å²) in [7, 11) is 0. The number of nitrogens with zero attached hydrogens (tertiary/aromatic N) is 1. The molecule has 3 aliphatic rings. The molecule has 2 aliphatic carbocycles. The molecule has 0 radical (unpaired) electrons. The summed E-state index contributed by atoms with van der Waals surface area (Å²) >= 11 is 0. The van der Waals surface area contributed by atoms with Crippen LogP contribution in [0.4, 0.5) is 5.69 Å². The highest BCUT2D eigenvalue weighted by atomic mass is 16.2. The number of benzene rings is 1. The number of para-hydroxylation sites is 1. The first-order valence-corrected chi connectivity index (χ1v) is 12.2. The van der Waals surface area contributed by atoms with Crippen LogP contribution in [0.5, 0.6) is 0 Å². The van der Waals surface area contributed by atoms with Gasteiger partial charge < -0.3 is 10.2 Å². The maximum absolute atomic E-state index is 13.6. The van der Waals surface area contributed by atoms with Gasteiger partial charge in [0.1, 0.15) is 5.54 Å². The van der Waals surface area contributed by atoms with Gasteiger partial charge in [0.25, 0.3) is 0 Å². The molecule has 2 saturated carbocycles. The summed E-state index contributed by atoms with van der Waals surface area (Å²) < 4.78 is 0. The van der Waals surface area contributed by atoms with Crippen LogP contribution >= 0.6 is 0 Å². The van der Waals surface area contributed by atoms with Crippen LogP contribution in [0.25, 0.3) is 0 Å². The van der Waals surface area contributed by atoms with Crippen LogP contribution in [-0.2, 0) is 16.0 Å². The van der Waals surface area contributed by atoms with Crippen molar-refractivity contribution in [3.05, 3.63) is 29.8 Å². The highest BCUT2D eigenvalue weighted by Crippen LogP contribution is 2.49. The van der Waals surface area contributed by atoms with Crippen LogP contribution in [0, 0.1) is 17.8 Å². The van der Waals surface area contributed by atoms with Crippen molar-refractivity contribution in [1.29, 1.82) is 0 Å². The van der Waals surface area contributed by atoms with E-state index < -0.39 is 5.54 Å². The number of amides is 1. The van der Waals surface area contributed by atoms with Gasteiger partial charge in [-0.1, -0.05) is 57.7 Å². The lowest BCUT2D eigenvalue weighted by Gasteiger charge is -2.28. The summed E-state index contributed by atoms with van der Waals surface area (Å²) in [4.78, 5) is 28.6. The molecule has 4 rings (SSSR count). The van der Waals surface area contributed by atoms with Crippen molar-refractivity contribution in [3.8, 4) is 0 Å². The Hall–Kier alpha value is -1.84. The Kier molecular flexibility index (Phi) is 6.50. The number of fused-ring (bicyclic) bond motifs is 1. The van der Waals surface area contributed by atoms with E-state index >= 15 is 0 Å². The van der Waals surface area contributed by atoms with Crippen molar-refractivity contribution in [1.82, 2.24) is 5.32 Å². The minimum atomic E-state index is -0.637. The topological polar surface area (TPSA) is 49.4 Å². The van der Waals surface area contributed by atoms with Crippen molar-refractivity contribution in [2.45, 2.75) is 83.6 Å². The average molecular weight is 411 g/mol. The monoisotopic (exact) mass is 410 g/mol. The lowest BCUT2D eigenvalue weighted by molar-refractivity contribution is -0.128. The summed E-state index contributed by atoms with van der Waals surface area (Å²) in [6.07, 6.45) is 10.8. The predicted molar refractivity (Wildman–Crippen MR) is 122 cm³/mol. The third-order valence-electron chi connectivity index (χ3n) is 7.72. The van der Waals surface area contributed by atoms with E-state index in [1.165, 1.54) is 43.4 Å². The molecule has 1 unspecified atom stereocenters. The lowest BCUT2D eigenvalue weighted by atomic mass is 9.98. The number of rotatable bonds is 8. The van der Waals surface area contributed by atoms with E-state index in [2.05, 4.69) is 48.3 Å². The first-order chi connectivity index (χ1) is 14.5. The second kappa shape index (κ2) is 9.11. The average Bonchev–Trinajstić information content (AvgIpc) is 3.30. The molecule has 1 aromatic carbocycles. The van der Waals surface area contributed by atoms with E-state index in [1.807, 2.05) is 0 Å². The highest BCUT2D eigenvalue weighted by molar-refractivity contribution is 5.99. The molecule has 0 aromatic heterocycles. The van der Waals surface area contributed by atoms with Crippen LogP contribution in [0.3, 0.4) is 0 Å². The standard InChI is InChI=1S/C26H38N2O2/c1-19(2)22-17-26(22,27-25(30)15-14-20-9-3-4-10-20)24(29)18-28-16-8-7-12-21-11-5-6-13-23(21)28/h5-6,11,13,19-20,22H,3-4,7-10,12,14-18H2,1-2H3,(H,27,30)/t22-,26?/m0/s1. The maximum atomic E-state index is 13.6. The molecule has 30 heavy (non-hydrogen) atoms. The van der Waals surface area contributed by atoms with E-state index in [0.29, 0.717) is 24.8 Å². The Labute approximate surface area is 181 Å². The smallest absolute Gasteiger partial charge is 0.220 e. The summed E-state index contributed by atoms with van der Waals surface area (Å²) in [5.74, 6) is 1.65. The minimum Gasteiger partial charge on any atom is -0.364 e. The van der Waals surface area contributed by atoms with E-state index in [4.69, 9.17) is 0 Å². The molecule has 1 N–H and O–H groups in total. The number of hydrogen-bond acceptors (Lipinski definition) is 3. The molecule has 0 bridgehead atoms. The normalized spacial score (nSPS) is 26.4.